The van der Waals surface area contributed by atoms with E-state index in [-0.39, 0.29) is 5.75 Å². The van der Waals surface area contributed by atoms with Crippen LogP contribution in [0.25, 0.3) is 0 Å². The number of rotatable bonds is 5. The van der Waals surface area contributed by atoms with Gasteiger partial charge in [0, 0.05) is 0 Å². The van der Waals surface area contributed by atoms with Crippen molar-refractivity contribution in [3.8, 4) is 5.75 Å². The Bertz CT molecular complexity index is 825. The van der Waals surface area contributed by atoms with Crippen LogP contribution in [0.3, 0.4) is 0 Å². The molecule has 0 unspecified atom stereocenters. The molecule has 0 heterocycles. The molecule has 0 spiro atoms. The lowest BCUT2D eigenvalue weighted by atomic mass is 10.1. The fraction of sp³-hybridized carbons (Fsp3) is 0.235. The largest absolute Gasteiger partial charge is 0.465 e. The first-order valence-corrected chi connectivity index (χ1v) is 8.56. The normalized spacial score (nSPS) is 11.1. The standard InChI is InChI=1S/C17H18O5S/c1-12-6-4-9-16(13(12)2)22-23(19,20)11-14-7-5-8-15(10-14)17(18)21-3/h4-10H,11H2,1-3H3. The lowest BCUT2D eigenvalue weighted by molar-refractivity contribution is 0.0600. The second-order valence-electron chi connectivity index (χ2n) is 5.18. The Hall–Kier alpha value is -2.34. The fourth-order valence-electron chi connectivity index (χ4n) is 2.09. The summed E-state index contributed by atoms with van der Waals surface area (Å²) in [6.45, 7) is 3.69. The van der Waals surface area contributed by atoms with Gasteiger partial charge in [-0.15, -0.1) is 0 Å². The summed E-state index contributed by atoms with van der Waals surface area (Å²) in [5.74, 6) is -0.528. The highest BCUT2D eigenvalue weighted by Crippen LogP contribution is 2.23. The highest BCUT2D eigenvalue weighted by Gasteiger charge is 2.17. The number of esters is 1. The Labute approximate surface area is 136 Å². The van der Waals surface area contributed by atoms with Gasteiger partial charge in [0.2, 0.25) is 0 Å². The number of hydrogen-bond donors (Lipinski definition) is 0. The van der Waals surface area contributed by atoms with Crippen LogP contribution in [0.2, 0.25) is 0 Å². The number of methoxy groups -OCH3 is 1. The van der Waals surface area contributed by atoms with Crippen molar-refractivity contribution in [2.45, 2.75) is 19.6 Å². The predicted molar refractivity (Wildman–Crippen MR) is 86.9 cm³/mol. The van der Waals surface area contributed by atoms with Crippen LogP contribution in [-0.4, -0.2) is 21.5 Å². The lowest BCUT2D eigenvalue weighted by Gasteiger charge is -2.11. The fourth-order valence-corrected chi connectivity index (χ4v) is 3.19. The van der Waals surface area contributed by atoms with Crippen LogP contribution in [0.1, 0.15) is 27.0 Å². The molecular formula is C17H18O5S. The number of ether oxygens (including phenoxy) is 1. The molecule has 0 saturated heterocycles. The molecule has 0 bridgehead atoms. The molecule has 2 aromatic rings. The van der Waals surface area contributed by atoms with Crippen molar-refractivity contribution >= 4 is 16.1 Å². The van der Waals surface area contributed by atoms with E-state index in [0.717, 1.165) is 11.1 Å². The second-order valence-corrected chi connectivity index (χ2v) is 6.75. The molecule has 0 aliphatic carbocycles. The molecule has 2 aromatic carbocycles. The quantitative estimate of drug-likeness (QED) is 0.621. The molecule has 23 heavy (non-hydrogen) atoms. The van der Waals surface area contributed by atoms with Crippen LogP contribution < -0.4 is 4.18 Å². The van der Waals surface area contributed by atoms with E-state index in [2.05, 4.69) is 4.74 Å². The van der Waals surface area contributed by atoms with Gasteiger partial charge in [-0.05, 0) is 48.7 Å². The summed E-state index contributed by atoms with van der Waals surface area (Å²) < 4.78 is 34.3. The van der Waals surface area contributed by atoms with Crippen molar-refractivity contribution in [1.29, 1.82) is 0 Å². The molecule has 5 nitrogen and oxygen atoms in total. The SMILES string of the molecule is COC(=O)c1cccc(CS(=O)(=O)Oc2cccc(C)c2C)c1. The van der Waals surface area contributed by atoms with E-state index < -0.39 is 16.1 Å². The Morgan fingerprint density at radius 2 is 1.78 bits per heavy atom. The second kappa shape index (κ2) is 6.83. The van der Waals surface area contributed by atoms with Crippen LogP contribution >= 0.6 is 0 Å². The topological polar surface area (TPSA) is 69.7 Å². The molecule has 0 N–H and O–H groups in total. The maximum Gasteiger partial charge on any atom is 0.337 e. The van der Waals surface area contributed by atoms with Gasteiger partial charge < -0.3 is 8.92 Å². The summed E-state index contributed by atoms with van der Waals surface area (Å²) in [7, 11) is -2.56. The summed E-state index contributed by atoms with van der Waals surface area (Å²) >= 11 is 0. The molecule has 2 rings (SSSR count). The zero-order valence-electron chi connectivity index (χ0n) is 13.2. The molecule has 0 saturated carbocycles. The van der Waals surface area contributed by atoms with Gasteiger partial charge in [-0.25, -0.2) is 4.79 Å². The van der Waals surface area contributed by atoms with E-state index in [1.807, 2.05) is 13.0 Å². The van der Waals surface area contributed by atoms with Gasteiger partial charge in [-0.2, -0.15) is 8.42 Å². The predicted octanol–water partition coefficient (Wildman–Crippen LogP) is 3.00. The molecule has 0 aromatic heterocycles. The first kappa shape index (κ1) is 17.0. The van der Waals surface area contributed by atoms with Gasteiger partial charge in [0.15, 0.2) is 0 Å². The highest BCUT2D eigenvalue weighted by atomic mass is 32.2. The van der Waals surface area contributed by atoms with Crippen molar-refractivity contribution < 1.29 is 22.1 Å². The highest BCUT2D eigenvalue weighted by molar-refractivity contribution is 7.86. The van der Waals surface area contributed by atoms with E-state index in [0.29, 0.717) is 16.9 Å². The van der Waals surface area contributed by atoms with Gasteiger partial charge in [0.05, 0.1) is 12.7 Å². The van der Waals surface area contributed by atoms with Crippen LogP contribution in [0.15, 0.2) is 42.5 Å². The minimum absolute atomic E-state index is 0.298. The van der Waals surface area contributed by atoms with Crippen molar-refractivity contribution in [1.82, 2.24) is 0 Å². The smallest absolute Gasteiger partial charge is 0.337 e. The zero-order chi connectivity index (χ0) is 17.0. The van der Waals surface area contributed by atoms with Crippen LogP contribution in [0, 0.1) is 13.8 Å². The average molecular weight is 334 g/mol. The van der Waals surface area contributed by atoms with E-state index >= 15 is 0 Å². The monoisotopic (exact) mass is 334 g/mol. The lowest BCUT2D eigenvalue weighted by Crippen LogP contribution is -2.13. The molecule has 0 fully saturated rings. The summed E-state index contributed by atoms with van der Waals surface area (Å²) in [6.07, 6.45) is 0. The van der Waals surface area contributed by atoms with Crippen LogP contribution in [-0.2, 0) is 20.6 Å². The molecule has 0 atom stereocenters. The number of aryl methyl sites for hydroxylation is 1. The third-order valence-corrected chi connectivity index (χ3v) is 4.58. The molecule has 6 heteroatoms. The number of carbonyl (C=O) groups excluding carboxylic acids is 1. The Kier molecular flexibility index (Phi) is 5.05. The van der Waals surface area contributed by atoms with Gasteiger partial charge in [-0.3, -0.25) is 0 Å². The molecule has 0 aliphatic heterocycles. The van der Waals surface area contributed by atoms with Crippen molar-refractivity contribution in [2.75, 3.05) is 7.11 Å². The van der Waals surface area contributed by atoms with E-state index in [4.69, 9.17) is 4.18 Å². The van der Waals surface area contributed by atoms with Crippen LogP contribution in [0.5, 0.6) is 5.75 Å². The number of hydrogen-bond acceptors (Lipinski definition) is 5. The minimum Gasteiger partial charge on any atom is -0.465 e. The minimum atomic E-state index is -3.83. The Balaban J connectivity index is 2.22. The van der Waals surface area contributed by atoms with E-state index in [1.54, 1.807) is 37.3 Å². The Morgan fingerprint density at radius 1 is 1.09 bits per heavy atom. The van der Waals surface area contributed by atoms with Gasteiger partial charge in [0.1, 0.15) is 11.5 Å². The molecular weight excluding hydrogens is 316 g/mol. The number of carbonyl (C=O) groups is 1. The third-order valence-electron chi connectivity index (χ3n) is 3.46. The van der Waals surface area contributed by atoms with Crippen molar-refractivity contribution in [3.05, 3.63) is 64.7 Å². The van der Waals surface area contributed by atoms with Gasteiger partial charge in [0.25, 0.3) is 0 Å². The zero-order valence-corrected chi connectivity index (χ0v) is 14.0. The maximum atomic E-state index is 12.2. The summed E-state index contributed by atoms with van der Waals surface area (Å²) in [5.41, 5.74) is 2.48. The van der Waals surface area contributed by atoms with Gasteiger partial charge >= 0.3 is 16.1 Å². The molecule has 0 radical (unpaired) electrons. The number of benzene rings is 2. The van der Waals surface area contributed by atoms with E-state index in [1.165, 1.54) is 13.2 Å². The molecule has 122 valence electrons. The molecule has 0 amide bonds. The first-order valence-electron chi connectivity index (χ1n) is 6.98. The van der Waals surface area contributed by atoms with Gasteiger partial charge in [-0.1, -0.05) is 24.3 Å². The molecule has 0 aliphatic rings. The summed E-state index contributed by atoms with van der Waals surface area (Å²) in [4.78, 5) is 11.5. The maximum absolute atomic E-state index is 12.2. The van der Waals surface area contributed by atoms with E-state index in [9.17, 15) is 13.2 Å². The first-order chi connectivity index (χ1) is 10.8. The third kappa shape index (κ3) is 4.32. The summed E-state index contributed by atoms with van der Waals surface area (Å²) in [5, 5.41) is 0. The van der Waals surface area contributed by atoms with Crippen molar-refractivity contribution in [2.24, 2.45) is 0 Å². The Morgan fingerprint density at radius 3 is 2.48 bits per heavy atom. The van der Waals surface area contributed by atoms with Crippen LogP contribution in [0.4, 0.5) is 0 Å². The average Bonchev–Trinajstić information content (AvgIpc) is 2.50. The van der Waals surface area contributed by atoms with Crippen molar-refractivity contribution in [3.63, 3.8) is 0 Å². The summed E-state index contributed by atoms with van der Waals surface area (Å²) in [6, 6.07) is 11.5.